The molecule has 3 heterocycles. The van der Waals surface area contributed by atoms with Gasteiger partial charge < -0.3 is 9.72 Å². The molecule has 4 nitrogen and oxygen atoms in total. The van der Waals surface area contributed by atoms with E-state index in [0.717, 1.165) is 36.4 Å². The molecule has 1 fully saturated rings. The van der Waals surface area contributed by atoms with Crippen LogP contribution in [0.2, 0.25) is 0 Å². The predicted molar refractivity (Wildman–Crippen MR) is 78.4 cm³/mol. The van der Waals surface area contributed by atoms with Crippen LogP contribution in [0.4, 0.5) is 0 Å². The van der Waals surface area contributed by atoms with Crippen molar-refractivity contribution >= 4 is 10.9 Å². The van der Waals surface area contributed by atoms with E-state index in [2.05, 4.69) is 34.3 Å². The van der Waals surface area contributed by atoms with Gasteiger partial charge in [-0.25, -0.2) is 4.68 Å². The van der Waals surface area contributed by atoms with Crippen LogP contribution in [0.15, 0.2) is 42.6 Å². The van der Waals surface area contributed by atoms with E-state index in [1.807, 2.05) is 23.0 Å². The van der Waals surface area contributed by atoms with Gasteiger partial charge in [-0.05, 0) is 37.5 Å². The summed E-state index contributed by atoms with van der Waals surface area (Å²) in [5, 5.41) is 5.68. The van der Waals surface area contributed by atoms with E-state index in [1.165, 1.54) is 11.8 Å². The Morgan fingerprint density at radius 3 is 3.00 bits per heavy atom. The summed E-state index contributed by atoms with van der Waals surface area (Å²) in [6, 6.07) is 12.5. The number of aromatic nitrogens is 3. The lowest BCUT2D eigenvalue weighted by atomic mass is 10.2. The average Bonchev–Trinajstić information content (AvgIpc) is 3.14. The Kier molecular flexibility index (Phi) is 2.81. The SMILES string of the molecule is c1ccc2[nH]c(-c3ccnn3C3CCCCO3)cc2c1. The first-order valence-corrected chi connectivity index (χ1v) is 7.15. The molecular weight excluding hydrogens is 250 g/mol. The fraction of sp³-hybridized carbons (Fsp3) is 0.312. The summed E-state index contributed by atoms with van der Waals surface area (Å²) in [6.45, 7) is 0.830. The minimum atomic E-state index is 0.0696. The number of benzene rings is 1. The van der Waals surface area contributed by atoms with E-state index in [1.54, 1.807) is 0 Å². The summed E-state index contributed by atoms with van der Waals surface area (Å²) in [4.78, 5) is 3.46. The average molecular weight is 267 g/mol. The molecule has 3 aromatic rings. The zero-order valence-corrected chi connectivity index (χ0v) is 11.2. The number of nitrogens with zero attached hydrogens (tertiary/aromatic N) is 2. The maximum atomic E-state index is 5.85. The van der Waals surface area contributed by atoms with Gasteiger partial charge in [-0.15, -0.1) is 0 Å². The van der Waals surface area contributed by atoms with Crippen LogP contribution in [0.1, 0.15) is 25.5 Å². The number of nitrogens with one attached hydrogen (secondary N) is 1. The van der Waals surface area contributed by atoms with Crippen molar-refractivity contribution in [3.63, 3.8) is 0 Å². The highest BCUT2D eigenvalue weighted by molar-refractivity contribution is 5.85. The zero-order valence-electron chi connectivity index (χ0n) is 11.2. The largest absolute Gasteiger partial charge is 0.356 e. The summed E-state index contributed by atoms with van der Waals surface area (Å²) in [7, 11) is 0. The van der Waals surface area contributed by atoms with Crippen molar-refractivity contribution in [2.75, 3.05) is 6.61 Å². The van der Waals surface area contributed by atoms with Gasteiger partial charge >= 0.3 is 0 Å². The number of fused-ring (bicyclic) bond motifs is 1. The van der Waals surface area contributed by atoms with Crippen LogP contribution in [-0.4, -0.2) is 21.4 Å². The molecule has 1 aliphatic heterocycles. The molecule has 1 atom stereocenters. The molecule has 1 aromatic carbocycles. The number of hydrogen-bond donors (Lipinski definition) is 1. The molecule has 1 saturated heterocycles. The van der Waals surface area contributed by atoms with Crippen LogP contribution < -0.4 is 0 Å². The van der Waals surface area contributed by atoms with Crippen molar-refractivity contribution in [1.29, 1.82) is 0 Å². The Morgan fingerprint density at radius 2 is 2.15 bits per heavy atom. The first-order valence-electron chi connectivity index (χ1n) is 7.15. The molecule has 1 unspecified atom stereocenters. The van der Waals surface area contributed by atoms with Crippen LogP contribution in [0.25, 0.3) is 22.3 Å². The highest BCUT2D eigenvalue weighted by Gasteiger charge is 2.20. The van der Waals surface area contributed by atoms with E-state index < -0.39 is 0 Å². The molecule has 4 heteroatoms. The fourth-order valence-electron chi connectivity index (χ4n) is 2.88. The summed E-state index contributed by atoms with van der Waals surface area (Å²) >= 11 is 0. The summed E-state index contributed by atoms with van der Waals surface area (Å²) < 4.78 is 7.85. The molecule has 4 rings (SSSR count). The number of rotatable bonds is 2. The van der Waals surface area contributed by atoms with Gasteiger partial charge in [0.2, 0.25) is 0 Å². The molecule has 0 amide bonds. The Hall–Kier alpha value is -2.07. The number of hydrogen-bond acceptors (Lipinski definition) is 2. The Bertz CT molecular complexity index is 689. The molecule has 0 radical (unpaired) electrons. The zero-order chi connectivity index (χ0) is 13.4. The van der Waals surface area contributed by atoms with E-state index in [4.69, 9.17) is 4.74 Å². The smallest absolute Gasteiger partial charge is 0.150 e. The van der Waals surface area contributed by atoms with E-state index in [0.29, 0.717) is 0 Å². The number of aromatic amines is 1. The highest BCUT2D eigenvalue weighted by Crippen LogP contribution is 2.29. The third-order valence-electron chi connectivity index (χ3n) is 3.90. The topological polar surface area (TPSA) is 42.8 Å². The predicted octanol–water partition coefficient (Wildman–Crippen LogP) is 3.73. The maximum absolute atomic E-state index is 5.85. The summed E-state index contributed by atoms with van der Waals surface area (Å²) in [5.74, 6) is 0. The second kappa shape index (κ2) is 4.80. The molecule has 0 bridgehead atoms. The molecule has 102 valence electrons. The number of para-hydroxylation sites is 1. The van der Waals surface area contributed by atoms with Crippen molar-refractivity contribution < 1.29 is 4.74 Å². The molecule has 1 aliphatic rings. The van der Waals surface area contributed by atoms with Gasteiger partial charge in [-0.3, -0.25) is 0 Å². The molecule has 0 saturated carbocycles. The lowest BCUT2D eigenvalue weighted by molar-refractivity contribution is -0.0384. The van der Waals surface area contributed by atoms with Crippen molar-refractivity contribution in [3.05, 3.63) is 42.6 Å². The molecule has 1 N–H and O–H groups in total. The first-order chi connectivity index (χ1) is 9.92. The molecular formula is C16H17N3O. The van der Waals surface area contributed by atoms with Crippen LogP contribution in [-0.2, 0) is 4.74 Å². The van der Waals surface area contributed by atoms with Crippen LogP contribution in [0, 0.1) is 0 Å². The minimum Gasteiger partial charge on any atom is -0.356 e. The van der Waals surface area contributed by atoms with Gasteiger partial charge in [0.15, 0.2) is 6.23 Å². The van der Waals surface area contributed by atoms with Gasteiger partial charge in [-0.1, -0.05) is 18.2 Å². The third kappa shape index (κ3) is 1.93. The van der Waals surface area contributed by atoms with E-state index >= 15 is 0 Å². The van der Waals surface area contributed by atoms with Gasteiger partial charge in [0.1, 0.15) is 0 Å². The normalized spacial score (nSPS) is 19.5. The first kappa shape index (κ1) is 11.7. The number of ether oxygens (including phenoxy) is 1. The van der Waals surface area contributed by atoms with Crippen LogP contribution >= 0.6 is 0 Å². The summed E-state index contributed by atoms with van der Waals surface area (Å²) in [5.41, 5.74) is 3.34. The quantitative estimate of drug-likeness (QED) is 0.768. The van der Waals surface area contributed by atoms with Gasteiger partial charge in [0.05, 0.1) is 11.4 Å². The molecule has 2 aromatic heterocycles. The van der Waals surface area contributed by atoms with Crippen LogP contribution in [0.5, 0.6) is 0 Å². The second-order valence-corrected chi connectivity index (χ2v) is 5.25. The molecule has 0 aliphatic carbocycles. The minimum absolute atomic E-state index is 0.0696. The number of H-pyrrole nitrogens is 1. The van der Waals surface area contributed by atoms with E-state index in [-0.39, 0.29) is 6.23 Å². The van der Waals surface area contributed by atoms with Crippen molar-refractivity contribution in [3.8, 4) is 11.4 Å². The summed E-state index contributed by atoms with van der Waals surface area (Å²) in [6.07, 6.45) is 5.31. The highest BCUT2D eigenvalue weighted by atomic mass is 16.5. The maximum Gasteiger partial charge on any atom is 0.150 e. The third-order valence-corrected chi connectivity index (χ3v) is 3.90. The van der Waals surface area contributed by atoms with Crippen LogP contribution in [0.3, 0.4) is 0 Å². The van der Waals surface area contributed by atoms with Crippen molar-refractivity contribution in [2.24, 2.45) is 0 Å². The molecule has 20 heavy (non-hydrogen) atoms. The standard InChI is InChI=1S/C16H17N3O/c1-2-6-13-12(5-1)11-14(18-13)15-8-9-17-19(15)16-7-3-4-10-20-16/h1-2,5-6,8-9,11,16,18H,3-4,7,10H2. The lowest BCUT2D eigenvalue weighted by Gasteiger charge is -2.24. The Morgan fingerprint density at radius 1 is 1.20 bits per heavy atom. The Labute approximate surface area is 117 Å². The monoisotopic (exact) mass is 267 g/mol. The lowest BCUT2D eigenvalue weighted by Crippen LogP contribution is -2.19. The molecule has 0 spiro atoms. The fourth-order valence-corrected chi connectivity index (χ4v) is 2.88. The van der Waals surface area contributed by atoms with Gasteiger partial charge in [0.25, 0.3) is 0 Å². The van der Waals surface area contributed by atoms with Gasteiger partial charge in [0, 0.05) is 23.7 Å². The second-order valence-electron chi connectivity index (χ2n) is 5.25. The van der Waals surface area contributed by atoms with Crippen molar-refractivity contribution in [2.45, 2.75) is 25.5 Å². The van der Waals surface area contributed by atoms with Crippen molar-refractivity contribution in [1.82, 2.24) is 14.8 Å². The van der Waals surface area contributed by atoms with E-state index in [9.17, 15) is 0 Å². The Balaban J connectivity index is 1.76. The van der Waals surface area contributed by atoms with Gasteiger partial charge in [-0.2, -0.15) is 5.10 Å².